The molecule has 2 heterocycles. The summed E-state index contributed by atoms with van der Waals surface area (Å²) in [6.07, 6.45) is 6.04. The molecule has 0 spiro atoms. The van der Waals surface area contributed by atoms with Crippen molar-refractivity contribution in [3.05, 3.63) is 29.8 Å². The van der Waals surface area contributed by atoms with Gasteiger partial charge < -0.3 is 20.3 Å². The number of para-hydroxylation sites is 1. The molecule has 0 radical (unpaired) electrons. The lowest BCUT2D eigenvalue weighted by atomic mass is 9.90. The molecule has 5 nitrogen and oxygen atoms in total. The highest BCUT2D eigenvalue weighted by molar-refractivity contribution is 5.80. The van der Waals surface area contributed by atoms with Gasteiger partial charge in [-0.3, -0.25) is 4.99 Å². The summed E-state index contributed by atoms with van der Waals surface area (Å²) in [5.41, 5.74) is 1.04. The van der Waals surface area contributed by atoms with E-state index in [0.717, 1.165) is 37.6 Å². The molecule has 27 heavy (non-hydrogen) atoms. The Morgan fingerprint density at radius 2 is 2.00 bits per heavy atom. The highest BCUT2D eigenvalue weighted by atomic mass is 16.5. The summed E-state index contributed by atoms with van der Waals surface area (Å²) in [6, 6.07) is 8.55. The number of likely N-dealkylation sites (tertiary alicyclic amines) is 1. The van der Waals surface area contributed by atoms with E-state index in [4.69, 9.17) is 9.73 Å². The quantitative estimate of drug-likeness (QED) is 0.435. The van der Waals surface area contributed by atoms with E-state index in [1.807, 2.05) is 6.07 Å². The number of guanidine groups is 1. The second kappa shape index (κ2) is 9.45. The third kappa shape index (κ3) is 5.86. The van der Waals surface area contributed by atoms with Crippen LogP contribution in [-0.4, -0.2) is 49.2 Å². The summed E-state index contributed by atoms with van der Waals surface area (Å²) in [7, 11) is 0. The largest absolute Gasteiger partial charge is 0.487 e. The van der Waals surface area contributed by atoms with E-state index in [9.17, 15) is 0 Å². The topological polar surface area (TPSA) is 48.9 Å². The van der Waals surface area contributed by atoms with Gasteiger partial charge in [0.25, 0.3) is 0 Å². The number of hydrogen-bond donors (Lipinski definition) is 2. The molecule has 1 aromatic rings. The van der Waals surface area contributed by atoms with Crippen molar-refractivity contribution in [3.63, 3.8) is 0 Å². The fraction of sp³-hybridized carbons (Fsp3) is 0.682. The first-order valence-corrected chi connectivity index (χ1v) is 10.6. The number of aliphatic imine (C=N–C) groups is 1. The fourth-order valence-electron chi connectivity index (χ4n) is 4.06. The SMILES string of the molecule is CCNC(=NCCCCN1CCCC1)NC1CC(C)(C)Oc2ccccc21. The minimum Gasteiger partial charge on any atom is -0.487 e. The zero-order chi connectivity index (χ0) is 19.1. The molecule has 3 rings (SSSR count). The first-order valence-electron chi connectivity index (χ1n) is 10.6. The molecule has 0 bridgehead atoms. The third-order valence-electron chi connectivity index (χ3n) is 5.38. The van der Waals surface area contributed by atoms with Crippen LogP contribution in [0, 0.1) is 0 Å². The van der Waals surface area contributed by atoms with E-state index in [1.165, 1.54) is 44.5 Å². The molecule has 1 fully saturated rings. The van der Waals surface area contributed by atoms with Crippen molar-refractivity contribution in [2.24, 2.45) is 4.99 Å². The van der Waals surface area contributed by atoms with Gasteiger partial charge in [-0.05, 0) is 72.2 Å². The summed E-state index contributed by atoms with van der Waals surface area (Å²) in [5, 5.41) is 7.06. The molecule has 0 aromatic heterocycles. The van der Waals surface area contributed by atoms with Crippen LogP contribution >= 0.6 is 0 Å². The molecule has 2 aliphatic heterocycles. The molecule has 0 saturated carbocycles. The number of nitrogens with one attached hydrogen (secondary N) is 2. The van der Waals surface area contributed by atoms with Crippen LogP contribution in [0.3, 0.4) is 0 Å². The van der Waals surface area contributed by atoms with E-state index in [0.29, 0.717) is 0 Å². The first kappa shape index (κ1) is 20.0. The molecule has 1 aromatic carbocycles. The van der Waals surface area contributed by atoms with Crippen LogP contribution in [0.15, 0.2) is 29.3 Å². The van der Waals surface area contributed by atoms with E-state index in [-0.39, 0.29) is 11.6 Å². The number of ether oxygens (including phenoxy) is 1. The van der Waals surface area contributed by atoms with Gasteiger partial charge in [0, 0.05) is 25.1 Å². The smallest absolute Gasteiger partial charge is 0.191 e. The summed E-state index contributed by atoms with van der Waals surface area (Å²) in [6.45, 7) is 12.0. The van der Waals surface area contributed by atoms with Crippen LogP contribution in [0.25, 0.3) is 0 Å². The lowest BCUT2D eigenvalue weighted by Gasteiger charge is -2.38. The van der Waals surface area contributed by atoms with Crippen molar-refractivity contribution in [1.82, 2.24) is 15.5 Å². The second-order valence-corrected chi connectivity index (χ2v) is 8.32. The first-order chi connectivity index (χ1) is 13.1. The van der Waals surface area contributed by atoms with Crippen molar-refractivity contribution < 1.29 is 4.74 Å². The maximum absolute atomic E-state index is 6.15. The Morgan fingerprint density at radius 3 is 2.78 bits per heavy atom. The molecule has 2 N–H and O–H groups in total. The van der Waals surface area contributed by atoms with Crippen molar-refractivity contribution in [2.45, 2.75) is 64.5 Å². The summed E-state index contributed by atoms with van der Waals surface area (Å²) < 4.78 is 6.15. The summed E-state index contributed by atoms with van der Waals surface area (Å²) >= 11 is 0. The summed E-state index contributed by atoms with van der Waals surface area (Å²) in [4.78, 5) is 7.41. The maximum Gasteiger partial charge on any atom is 0.191 e. The van der Waals surface area contributed by atoms with Gasteiger partial charge in [0.15, 0.2) is 5.96 Å². The minimum atomic E-state index is -0.181. The van der Waals surface area contributed by atoms with Crippen molar-refractivity contribution >= 4 is 5.96 Å². The highest BCUT2D eigenvalue weighted by Gasteiger charge is 2.33. The van der Waals surface area contributed by atoms with Crippen molar-refractivity contribution in [2.75, 3.05) is 32.7 Å². The number of nitrogens with zero attached hydrogens (tertiary/aromatic N) is 2. The number of rotatable bonds is 7. The Balaban J connectivity index is 1.56. The zero-order valence-electron chi connectivity index (χ0n) is 17.3. The van der Waals surface area contributed by atoms with Crippen LogP contribution in [0.4, 0.5) is 0 Å². The van der Waals surface area contributed by atoms with Gasteiger partial charge in [0.1, 0.15) is 11.4 Å². The lowest BCUT2D eigenvalue weighted by molar-refractivity contribution is 0.0694. The van der Waals surface area contributed by atoms with Gasteiger partial charge in [0.05, 0.1) is 6.04 Å². The Hall–Kier alpha value is -1.75. The van der Waals surface area contributed by atoms with Gasteiger partial charge in [-0.2, -0.15) is 0 Å². The Labute approximate surface area is 164 Å². The third-order valence-corrected chi connectivity index (χ3v) is 5.38. The Bertz CT molecular complexity index is 622. The van der Waals surface area contributed by atoms with Crippen molar-refractivity contribution in [3.8, 4) is 5.75 Å². The molecule has 1 atom stereocenters. The molecule has 1 saturated heterocycles. The average Bonchev–Trinajstić information content (AvgIpc) is 3.14. The van der Waals surface area contributed by atoms with Gasteiger partial charge in [-0.1, -0.05) is 18.2 Å². The molecule has 5 heteroatoms. The molecule has 150 valence electrons. The van der Waals surface area contributed by atoms with E-state index in [1.54, 1.807) is 0 Å². The second-order valence-electron chi connectivity index (χ2n) is 8.32. The predicted octanol–water partition coefficient (Wildman–Crippen LogP) is 3.72. The highest BCUT2D eigenvalue weighted by Crippen LogP contribution is 2.39. The number of unbranched alkanes of at least 4 members (excludes halogenated alkanes) is 1. The van der Waals surface area contributed by atoms with Crippen LogP contribution in [0.5, 0.6) is 5.75 Å². The van der Waals surface area contributed by atoms with Gasteiger partial charge in [-0.25, -0.2) is 0 Å². The van der Waals surface area contributed by atoms with Crippen LogP contribution in [-0.2, 0) is 0 Å². The standard InChI is InChI=1S/C22H36N4O/c1-4-23-21(24-13-7-8-14-26-15-9-10-16-26)25-19-17-22(2,3)27-20-12-6-5-11-18(19)20/h5-6,11-12,19H,4,7-10,13-17H2,1-3H3,(H2,23,24,25). The monoisotopic (exact) mass is 372 g/mol. The van der Waals surface area contributed by atoms with E-state index >= 15 is 0 Å². The van der Waals surface area contributed by atoms with Crippen LogP contribution in [0.2, 0.25) is 0 Å². The van der Waals surface area contributed by atoms with E-state index in [2.05, 4.69) is 54.5 Å². The predicted molar refractivity (Wildman–Crippen MR) is 113 cm³/mol. The van der Waals surface area contributed by atoms with Gasteiger partial charge >= 0.3 is 0 Å². The van der Waals surface area contributed by atoms with Crippen LogP contribution < -0.4 is 15.4 Å². The molecule has 0 amide bonds. The zero-order valence-corrected chi connectivity index (χ0v) is 17.3. The number of benzene rings is 1. The number of hydrogen-bond acceptors (Lipinski definition) is 3. The molecule has 2 aliphatic rings. The van der Waals surface area contributed by atoms with Gasteiger partial charge in [-0.15, -0.1) is 0 Å². The fourth-order valence-corrected chi connectivity index (χ4v) is 4.06. The molecular formula is C22H36N4O. The Morgan fingerprint density at radius 1 is 1.22 bits per heavy atom. The Kier molecular flexibility index (Phi) is 7.00. The van der Waals surface area contributed by atoms with Crippen LogP contribution in [0.1, 0.15) is 64.5 Å². The molecule has 0 aliphatic carbocycles. The maximum atomic E-state index is 6.15. The normalized spacial score (nSPS) is 22.2. The van der Waals surface area contributed by atoms with Crippen molar-refractivity contribution in [1.29, 1.82) is 0 Å². The van der Waals surface area contributed by atoms with E-state index < -0.39 is 0 Å². The molecular weight excluding hydrogens is 336 g/mol. The molecule has 1 unspecified atom stereocenters. The number of fused-ring (bicyclic) bond motifs is 1. The lowest BCUT2D eigenvalue weighted by Crippen LogP contribution is -2.45. The van der Waals surface area contributed by atoms with Gasteiger partial charge in [0.2, 0.25) is 0 Å². The minimum absolute atomic E-state index is 0.181. The summed E-state index contributed by atoms with van der Waals surface area (Å²) in [5.74, 6) is 1.89. The average molecular weight is 373 g/mol.